The quantitative estimate of drug-likeness (QED) is 0.717. The number of benzene rings is 2. The van der Waals surface area contributed by atoms with Gasteiger partial charge in [0.05, 0.1) is 10.6 Å². The summed E-state index contributed by atoms with van der Waals surface area (Å²) in [7, 11) is 0. The van der Waals surface area contributed by atoms with Gasteiger partial charge in [0.15, 0.2) is 0 Å². The number of carboxylic acid groups (broad SMARTS) is 1. The molecular formula is C22H24Cl2N2O3. The summed E-state index contributed by atoms with van der Waals surface area (Å²) in [4.78, 5) is 28.0. The third kappa shape index (κ3) is 5.50. The monoisotopic (exact) mass is 434 g/mol. The van der Waals surface area contributed by atoms with Gasteiger partial charge in [0.25, 0.3) is 5.91 Å². The molecule has 0 radical (unpaired) electrons. The van der Waals surface area contributed by atoms with Crippen LogP contribution in [0, 0.1) is 6.92 Å². The van der Waals surface area contributed by atoms with Gasteiger partial charge in [0.1, 0.15) is 0 Å². The van der Waals surface area contributed by atoms with E-state index in [0.717, 1.165) is 5.56 Å². The van der Waals surface area contributed by atoms with E-state index in [-0.39, 0.29) is 18.4 Å². The number of hydrogen-bond donors (Lipinski definition) is 1. The Bertz CT molecular complexity index is 878. The molecule has 1 aliphatic heterocycles. The minimum Gasteiger partial charge on any atom is -0.481 e. The summed E-state index contributed by atoms with van der Waals surface area (Å²) < 4.78 is 0. The third-order valence-corrected chi connectivity index (χ3v) is 5.85. The van der Waals surface area contributed by atoms with Gasteiger partial charge in [-0.25, -0.2) is 0 Å². The maximum absolute atomic E-state index is 12.8. The van der Waals surface area contributed by atoms with Gasteiger partial charge in [0, 0.05) is 43.7 Å². The Hall–Kier alpha value is -2.08. The summed E-state index contributed by atoms with van der Waals surface area (Å²) in [6.07, 6.45) is 0.646. The van der Waals surface area contributed by atoms with Crippen LogP contribution in [0.5, 0.6) is 0 Å². The topological polar surface area (TPSA) is 60.9 Å². The normalized spacial score (nSPS) is 15.9. The van der Waals surface area contributed by atoms with E-state index < -0.39 is 5.97 Å². The number of rotatable bonds is 6. The number of aliphatic carboxylic acids is 1. The van der Waals surface area contributed by atoms with Crippen molar-refractivity contribution in [3.63, 3.8) is 0 Å². The molecule has 0 aromatic heterocycles. The van der Waals surface area contributed by atoms with Gasteiger partial charge in [0.2, 0.25) is 0 Å². The van der Waals surface area contributed by atoms with E-state index in [4.69, 9.17) is 28.3 Å². The summed E-state index contributed by atoms with van der Waals surface area (Å²) in [5.74, 6) is -0.906. The largest absolute Gasteiger partial charge is 0.481 e. The van der Waals surface area contributed by atoms with Crippen molar-refractivity contribution in [2.45, 2.75) is 25.8 Å². The lowest BCUT2D eigenvalue weighted by molar-refractivity contribution is -0.137. The molecule has 2 aromatic carbocycles. The molecule has 1 amide bonds. The first-order valence-corrected chi connectivity index (χ1v) is 10.4. The molecule has 1 heterocycles. The number of carboxylic acids is 1. The lowest BCUT2D eigenvalue weighted by atomic mass is 9.98. The van der Waals surface area contributed by atoms with Crippen LogP contribution < -0.4 is 0 Å². The number of nitrogens with zero attached hydrogens (tertiary/aromatic N) is 2. The molecule has 1 aliphatic rings. The summed E-state index contributed by atoms with van der Waals surface area (Å²) in [6.45, 7) is 4.51. The van der Waals surface area contributed by atoms with Crippen LogP contribution in [-0.2, 0) is 4.79 Å². The van der Waals surface area contributed by atoms with Crippen LogP contribution in [0.3, 0.4) is 0 Å². The molecule has 3 rings (SSSR count). The number of carbonyl (C=O) groups is 2. The van der Waals surface area contributed by atoms with E-state index in [1.165, 1.54) is 5.56 Å². The van der Waals surface area contributed by atoms with E-state index in [9.17, 15) is 9.59 Å². The van der Waals surface area contributed by atoms with Gasteiger partial charge in [-0.15, -0.1) is 0 Å². The highest BCUT2D eigenvalue weighted by atomic mass is 35.5. The molecule has 0 spiro atoms. The Labute approximate surface area is 180 Å². The number of aryl methyl sites for hydroxylation is 1. The minimum absolute atomic E-state index is 0.0167. The van der Waals surface area contributed by atoms with Crippen LogP contribution in [-0.4, -0.2) is 53.0 Å². The zero-order valence-electron chi connectivity index (χ0n) is 16.3. The number of amides is 1. The highest BCUT2D eigenvalue weighted by Gasteiger charge is 2.28. The Morgan fingerprint density at radius 1 is 1.03 bits per heavy atom. The Balaban J connectivity index is 1.69. The molecule has 154 valence electrons. The first-order chi connectivity index (χ1) is 13.8. The lowest BCUT2D eigenvalue weighted by Gasteiger charge is -2.39. The van der Waals surface area contributed by atoms with E-state index in [1.54, 1.807) is 23.1 Å². The van der Waals surface area contributed by atoms with E-state index in [1.807, 2.05) is 19.1 Å². The molecule has 1 N–H and O–H groups in total. The van der Waals surface area contributed by atoms with Gasteiger partial charge in [-0.1, -0.05) is 53.0 Å². The molecule has 1 saturated heterocycles. The number of halogens is 2. The van der Waals surface area contributed by atoms with Crippen LogP contribution >= 0.6 is 23.2 Å². The summed E-state index contributed by atoms with van der Waals surface area (Å²) in [6, 6.07) is 13.1. The minimum atomic E-state index is -0.798. The van der Waals surface area contributed by atoms with Crippen molar-refractivity contribution in [1.29, 1.82) is 0 Å². The van der Waals surface area contributed by atoms with E-state index in [0.29, 0.717) is 48.2 Å². The highest BCUT2D eigenvalue weighted by Crippen LogP contribution is 2.28. The van der Waals surface area contributed by atoms with Crippen LogP contribution in [0.2, 0.25) is 10.0 Å². The smallest absolute Gasteiger partial charge is 0.303 e. The lowest BCUT2D eigenvalue weighted by Crippen LogP contribution is -2.49. The second-order valence-electron chi connectivity index (χ2n) is 7.31. The molecule has 29 heavy (non-hydrogen) atoms. The molecule has 2 aromatic rings. The van der Waals surface area contributed by atoms with E-state index in [2.05, 4.69) is 17.0 Å². The van der Waals surface area contributed by atoms with Gasteiger partial charge in [-0.05, 0) is 37.1 Å². The van der Waals surface area contributed by atoms with Gasteiger partial charge >= 0.3 is 5.97 Å². The molecule has 7 heteroatoms. The molecule has 0 aliphatic carbocycles. The Morgan fingerprint density at radius 3 is 2.28 bits per heavy atom. The molecule has 5 nitrogen and oxygen atoms in total. The second kappa shape index (κ2) is 9.61. The predicted molar refractivity (Wildman–Crippen MR) is 115 cm³/mol. The fourth-order valence-electron chi connectivity index (χ4n) is 3.68. The van der Waals surface area contributed by atoms with Gasteiger partial charge in [-0.3, -0.25) is 14.5 Å². The fraction of sp³-hybridized carbons (Fsp3) is 0.364. The van der Waals surface area contributed by atoms with Crippen LogP contribution in [0.4, 0.5) is 0 Å². The van der Waals surface area contributed by atoms with Crippen molar-refractivity contribution in [3.8, 4) is 0 Å². The number of hydrogen-bond acceptors (Lipinski definition) is 3. The number of carbonyl (C=O) groups excluding carboxylic acids is 1. The van der Waals surface area contributed by atoms with Gasteiger partial charge in [-0.2, -0.15) is 0 Å². The maximum atomic E-state index is 12.8. The summed E-state index contributed by atoms with van der Waals surface area (Å²) in [5.41, 5.74) is 2.73. The fourth-order valence-corrected chi connectivity index (χ4v) is 4.17. The van der Waals surface area contributed by atoms with Crippen LogP contribution in [0.1, 0.15) is 40.4 Å². The SMILES string of the molecule is Cc1ccc([C@@H](CCC(=O)O)N2CCN(C(=O)c3ccc(Cl)cc3Cl)CC2)cc1. The molecule has 0 saturated carbocycles. The molecule has 1 fully saturated rings. The maximum Gasteiger partial charge on any atom is 0.303 e. The first-order valence-electron chi connectivity index (χ1n) is 9.62. The van der Waals surface area contributed by atoms with Crippen molar-refractivity contribution in [1.82, 2.24) is 9.80 Å². The Kier molecular flexibility index (Phi) is 7.17. The predicted octanol–water partition coefficient (Wildman–Crippen LogP) is 4.67. The van der Waals surface area contributed by atoms with Crippen LogP contribution in [0.15, 0.2) is 42.5 Å². The van der Waals surface area contributed by atoms with Crippen LogP contribution in [0.25, 0.3) is 0 Å². The van der Waals surface area contributed by atoms with Gasteiger partial charge < -0.3 is 10.0 Å². The van der Waals surface area contributed by atoms with Crippen molar-refractivity contribution in [2.75, 3.05) is 26.2 Å². The Morgan fingerprint density at radius 2 is 1.69 bits per heavy atom. The van der Waals surface area contributed by atoms with E-state index >= 15 is 0 Å². The standard InChI is InChI=1S/C22H24Cl2N2O3/c1-15-2-4-16(5-3-15)20(8-9-21(27)28)25-10-12-26(13-11-25)22(29)18-7-6-17(23)14-19(18)24/h2-7,14,20H,8-13H2,1H3,(H,27,28)/t20-/m1/s1. The number of piperazine rings is 1. The average Bonchev–Trinajstić information content (AvgIpc) is 2.69. The van der Waals surface area contributed by atoms with Crippen molar-refractivity contribution in [3.05, 3.63) is 69.2 Å². The highest BCUT2D eigenvalue weighted by molar-refractivity contribution is 6.36. The second-order valence-corrected chi connectivity index (χ2v) is 8.15. The zero-order valence-corrected chi connectivity index (χ0v) is 17.8. The van der Waals surface area contributed by atoms with Crippen molar-refractivity contribution >= 4 is 35.1 Å². The summed E-state index contributed by atoms with van der Waals surface area (Å²) in [5, 5.41) is 9.99. The first kappa shape index (κ1) is 21.6. The zero-order chi connectivity index (χ0) is 21.0. The van der Waals surface area contributed by atoms with Crippen molar-refractivity contribution in [2.24, 2.45) is 0 Å². The molecule has 0 unspecified atom stereocenters. The molecular weight excluding hydrogens is 411 g/mol. The third-order valence-electron chi connectivity index (χ3n) is 5.30. The molecule has 0 bridgehead atoms. The molecule has 1 atom stereocenters. The summed E-state index contributed by atoms with van der Waals surface area (Å²) >= 11 is 12.1. The van der Waals surface area contributed by atoms with Crippen molar-refractivity contribution < 1.29 is 14.7 Å². The average molecular weight is 435 g/mol.